The Bertz CT molecular complexity index is 960. The molecule has 0 radical (unpaired) electrons. The maximum Gasteiger partial charge on any atom is 0.260 e. The van der Waals surface area contributed by atoms with Crippen molar-refractivity contribution in [3.63, 3.8) is 0 Å². The van der Waals surface area contributed by atoms with Crippen molar-refractivity contribution in [2.75, 3.05) is 17.7 Å². The van der Waals surface area contributed by atoms with Crippen molar-refractivity contribution in [3.8, 4) is 0 Å². The Hall–Kier alpha value is -2.90. The summed E-state index contributed by atoms with van der Waals surface area (Å²) in [4.78, 5) is 11.3. The maximum absolute atomic E-state index is 11.3. The van der Waals surface area contributed by atoms with Crippen molar-refractivity contribution in [2.45, 2.75) is 6.54 Å². The predicted octanol–water partition coefficient (Wildman–Crippen LogP) is 3.10. The Balaban J connectivity index is 1.93. The lowest BCUT2D eigenvalue weighted by atomic mass is 9.98. The molecule has 3 aromatic rings. The van der Waals surface area contributed by atoms with Gasteiger partial charge in [0.25, 0.3) is 5.56 Å². The van der Waals surface area contributed by atoms with Crippen LogP contribution in [0.15, 0.2) is 53.3 Å². The van der Waals surface area contributed by atoms with Crippen LogP contribution in [-0.2, 0) is 6.54 Å². The second-order valence-corrected chi connectivity index (χ2v) is 6.30. The van der Waals surface area contributed by atoms with E-state index >= 15 is 0 Å². The van der Waals surface area contributed by atoms with Crippen LogP contribution in [0.2, 0.25) is 0 Å². The van der Waals surface area contributed by atoms with E-state index in [9.17, 15) is 4.79 Å². The Labute approximate surface area is 149 Å². The molecule has 0 saturated carbocycles. The van der Waals surface area contributed by atoms with Crippen LogP contribution in [0.25, 0.3) is 0 Å². The zero-order chi connectivity index (χ0) is 17.8. The third kappa shape index (κ3) is 3.62. The molecule has 0 saturated heterocycles. The number of nitrogens with two attached hydrogens (primary N) is 1. The summed E-state index contributed by atoms with van der Waals surface area (Å²) in [5.41, 5.74) is 10.4. The number of hydrogen-bond acceptors (Lipinski definition) is 6. The van der Waals surface area contributed by atoms with Crippen LogP contribution in [0, 0.1) is 5.41 Å². The summed E-state index contributed by atoms with van der Waals surface area (Å²) >= 11 is 1.24. The van der Waals surface area contributed by atoms with E-state index in [1.807, 2.05) is 49.5 Å². The molecular formula is C18H19N5OS. The molecule has 2 aromatic carbocycles. The lowest BCUT2D eigenvalue weighted by Gasteiger charge is -2.14. The van der Waals surface area contributed by atoms with Crippen molar-refractivity contribution >= 4 is 33.6 Å². The van der Waals surface area contributed by atoms with Gasteiger partial charge in [-0.3, -0.25) is 14.6 Å². The van der Waals surface area contributed by atoms with Crippen LogP contribution < -0.4 is 21.9 Å². The van der Waals surface area contributed by atoms with Crippen molar-refractivity contribution in [1.29, 1.82) is 5.41 Å². The summed E-state index contributed by atoms with van der Waals surface area (Å²) in [6, 6.07) is 14.9. The molecule has 7 heteroatoms. The fraction of sp³-hybridized carbons (Fsp3) is 0.111. The Kier molecular flexibility index (Phi) is 4.97. The van der Waals surface area contributed by atoms with Crippen molar-refractivity contribution in [2.24, 2.45) is 5.73 Å². The molecule has 0 bridgehead atoms. The van der Waals surface area contributed by atoms with Gasteiger partial charge < -0.3 is 16.4 Å². The van der Waals surface area contributed by atoms with Crippen molar-refractivity contribution < 1.29 is 0 Å². The highest BCUT2D eigenvalue weighted by molar-refractivity contribution is 7.10. The first-order valence-corrected chi connectivity index (χ1v) is 8.58. The number of nitrogens with one attached hydrogen (secondary N) is 4. The van der Waals surface area contributed by atoms with Crippen LogP contribution >= 0.6 is 11.5 Å². The number of H-pyrrole nitrogens is 1. The molecule has 0 aliphatic heterocycles. The minimum absolute atomic E-state index is 0.135. The summed E-state index contributed by atoms with van der Waals surface area (Å²) in [6.07, 6.45) is 0. The number of benzene rings is 2. The predicted molar refractivity (Wildman–Crippen MR) is 104 cm³/mol. The Morgan fingerprint density at radius 2 is 2.00 bits per heavy atom. The van der Waals surface area contributed by atoms with Gasteiger partial charge in [-0.15, -0.1) is 0 Å². The first kappa shape index (κ1) is 16.9. The van der Waals surface area contributed by atoms with E-state index in [0.29, 0.717) is 12.3 Å². The second-order valence-electron chi connectivity index (χ2n) is 5.45. The fourth-order valence-corrected chi connectivity index (χ4v) is 3.19. The van der Waals surface area contributed by atoms with E-state index in [-0.39, 0.29) is 5.56 Å². The zero-order valence-electron chi connectivity index (χ0n) is 13.7. The van der Waals surface area contributed by atoms with E-state index in [0.717, 1.165) is 33.1 Å². The molecule has 1 aromatic heterocycles. The Morgan fingerprint density at radius 1 is 1.20 bits per heavy atom. The van der Waals surface area contributed by atoms with Crippen LogP contribution in [0.1, 0.15) is 16.7 Å². The molecule has 25 heavy (non-hydrogen) atoms. The smallest absolute Gasteiger partial charge is 0.260 e. The van der Waals surface area contributed by atoms with Crippen molar-refractivity contribution in [1.82, 2.24) is 4.37 Å². The van der Waals surface area contributed by atoms with E-state index < -0.39 is 0 Å². The molecule has 0 aliphatic carbocycles. The molecule has 0 amide bonds. The average molecular weight is 353 g/mol. The van der Waals surface area contributed by atoms with Gasteiger partial charge in [-0.05, 0) is 35.3 Å². The monoisotopic (exact) mass is 353 g/mol. The van der Waals surface area contributed by atoms with Gasteiger partial charge in [-0.1, -0.05) is 24.3 Å². The SMILES string of the molecule is CNc1ccccc1C(=N)c1ccc(Nc2cc(=O)[nH]s2)c(CN)c1. The number of aromatic amines is 1. The first-order valence-electron chi connectivity index (χ1n) is 7.77. The quantitative estimate of drug-likeness (QED) is 0.439. The summed E-state index contributed by atoms with van der Waals surface area (Å²) < 4.78 is 2.64. The molecule has 0 aliphatic rings. The van der Waals surface area contributed by atoms with Crippen LogP contribution in [0.4, 0.5) is 16.4 Å². The fourth-order valence-electron chi connectivity index (χ4n) is 2.59. The third-order valence-corrected chi connectivity index (χ3v) is 4.60. The van der Waals surface area contributed by atoms with Gasteiger partial charge in [0.05, 0.1) is 5.71 Å². The molecule has 6 N–H and O–H groups in total. The van der Waals surface area contributed by atoms with Gasteiger partial charge in [0, 0.05) is 42.2 Å². The minimum atomic E-state index is -0.135. The summed E-state index contributed by atoms with van der Waals surface area (Å²) in [5.74, 6) is 0. The highest BCUT2D eigenvalue weighted by Gasteiger charge is 2.12. The van der Waals surface area contributed by atoms with Crippen LogP contribution in [-0.4, -0.2) is 17.1 Å². The zero-order valence-corrected chi connectivity index (χ0v) is 14.5. The summed E-state index contributed by atoms with van der Waals surface area (Å²) in [5, 5.41) is 15.6. The summed E-state index contributed by atoms with van der Waals surface area (Å²) in [6.45, 7) is 0.330. The molecule has 0 atom stereocenters. The standard InChI is InChI=1S/C18H19N5OS/c1-21-15-5-3-2-4-13(15)18(20)11-6-7-14(12(8-11)10-19)22-17-9-16(24)23-25-17/h2-9,20-22H,10,19H2,1H3,(H,23,24). The minimum Gasteiger partial charge on any atom is -0.388 e. The molecule has 3 rings (SSSR count). The normalized spacial score (nSPS) is 10.5. The molecule has 0 unspecified atom stereocenters. The van der Waals surface area contributed by atoms with Crippen LogP contribution in [0.3, 0.4) is 0 Å². The van der Waals surface area contributed by atoms with E-state index in [2.05, 4.69) is 15.0 Å². The highest BCUT2D eigenvalue weighted by atomic mass is 32.1. The lowest BCUT2D eigenvalue weighted by Crippen LogP contribution is -2.08. The number of aromatic nitrogens is 1. The van der Waals surface area contributed by atoms with E-state index in [1.165, 1.54) is 17.6 Å². The molecule has 1 heterocycles. The number of hydrogen-bond donors (Lipinski definition) is 5. The van der Waals surface area contributed by atoms with Gasteiger partial charge in [0.15, 0.2) is 0 Å². The molecule has 0 fully saturated rings. The molecule has 6 nitrogen and oxygen atoms in total. The molecular weight excluding hydrogens is 334 g/mol. The maximum atomic E-state index is 11.3. The largest absolute Gasteiger partial charge is 0.388 e. The van der Waals surface area contributed by atoms with Gasteiger partial charge in [-0.2, -0.15) is 0 Å². The topological polar surface area (TPSA) is 107 Å². The van der Waals surface area contributed by atoms with Crippen molar-refractivity contribution in [3.05, 3.63) is 75.6 Å². The summed E-state index contributed by atoms with van der Waals surface area (Å²) in [7, 11) is 1.84. The second kappa shape index (κ2) is 7.33. The van der Waals surface area contributed by atoms with Gasteiger partial charge in [-0.25, -0.2) is 0 Å². The number of rotatable bonds is 6. The Morgan fingerprint density at radius 3 is 2.68 bits per heavy atom. The van der Waals surface area contributed by atoms with Gasteiger partial charge >= 0.3 is 0 Å². The molecule has 0 spiro atoms. The number of anilines is 3. The van der Waals surface area contributed by atoms with E-state index in [4.69, 9.17) is 11.1 Å². The van der Waals surface area contributed by atoms with Gasteiger partial charge in [0.1, 0.15) is 5.00 Å². The lowest BCUT2D eigenvalue weighted by molar-refractivity contribution is 1.07. The average Bonchev–Trinajstić information content (AvgIpc) is 3.06. The molecule has 128 valence electrons. The number of para-hydroxylation sites is 1. The van der Waals surface area contributed by atoms with Gasteiger partial charge in [0.2, 0.25) is 0 Å². The van der Waals surface area contributed by atoms with Crippen LogP contribution in [0.5, 0.6) is 0 Å². The first-order chi connectivity index (χ1) is 12.1. The van der Waals surface area contributed by atoms with E-state index in [1.54, 1.807) is 0 Å². The third-order valence-electron chi connectivity index (χ3n) is 3.86. The highest BCUT2D eigenvalue weighted by Crippen LogP contribution is 2.25.